The molecule has 5 rings (SSSR count). The van der Waals surface area contributed by atoms with Gasteiger partial charge in [0, 0.05) is 31.9 Å². The Balaban J connectivity index is 1.55. The van der Waals surface area contributed by atoms with E-state index in [0.29, 0.717) is 24.8 Å². The van der Waals surface area contributed by atoms with E-state index in [1.807, 2.05) is 36.4 Å². The van der Waals surface area contributed by atoms with Crippen molar-refractivity contribution >= 4 is 34.3 Å². The molecule has 0 bridgehead atoms. The van der Waals surface area contributed by atoms with Gasteiger partial charge in [0.05, 0.1) is 30.8 Å². The van der Waals surface area contributed by atoms with E-state index in [0.717, 1.165) is 48.9 Å². The summed E-state index contributed by atoms with van der Waals surface area (Å²) in [5.41, 5.74) is 1.69. The van der Waals surface area contributed by atoms with Gasteiger partial charge < -0.3 is 24.6 Å². The van der Waals surface area contributed by atoms with Crippen molar-refractivity contribution in [3.8, 4) is 0 Å². The summed E-state index contributed by atoms with van der Waals surface area (Å²) < 4.78 is 11.5. The van der Waals surface area contributed by atoms with E-state index in [1.165, 1.54) is 0 Å². The highest BCUT2D eigenvalue weighted by Crippen LogP contribution is 2.29. The number of rotatable bonds is 4. The predicted octanol–water partition coefficient (Wildman–Crippen LogP) is 3.22. The van der Waals surface area contributed by atoms with Crippen molar-refractivity contribution in [2.24, 2.45) is 0 Å². The molecule has 8 heteroatoms. The number of fused-ring (bicyclic) bond motifs is 1. The van der Waals surface area contributed by atoms with E-state index < -0.39 is 0 Å². The molecular weight excluding hydrogens is 392 g/mol. The lowest BCUT2D eigenvalue weighted by molar-refractivity contribution is -0.00570. The van der Waals surface area contributed by atoms with Crippen LogP contribution < -0.4 is 15.1 Å². The fourth-order valence-electron chi connectivity index (χ4n) is 4.22. The average Bonchev–Trinajstić information content (AvgIpc) is 2.79. The van der Waals surface area contributed by atoms with Gasteiger partial charge in [-0.05, 0) is 38.1 Å². The molecule has 4 heterocycles. The first kappa shape index (κ1) is 20.0. The molecule has 0 aliphatic carbocycles. The first-order chi connectivity index (χ1) is 15.2. The molecule has 2 saturated heterocycles. The van der Waals surface area contributed by atoms with E-state index in [4.69, 9.17) is 24.4 Å². The average molecular weight is 421 g/mol. The third-order valence-electron chi connectivity index (χ3n) is 5.59. The predicted molar refractivity (Wildman–Crippen MR) is 122 cm³/mol. The molecule has 8 nitrogen and oxygen atoms in total. The summed E-state index contributed by atoms with van der Waals surface area (Å²) >= 11 is 0. The molecule has 2 aliphatic rings. The summed E-state index contributed by atoms with van der Waals surface area (Å²) in [5.74, 6) is 2.40. The molecule has 2 aliphatic heterocycles. The second-order valence-electron chi connectivity index (χ2n) is 8.17. The van der Waals surface area contributed by atoms with Crippen LogP contribution in [0.1, 0.15) is 13.8 Å². The quantitative estimate of drug-likeness (QED) is 0.690. The van der Waals surface area contributed by atoms with E-state index in [1.54, 1.807) is 0 Å². The molecule has 162 valence electrons. The fourth-order valence-corrected chi connectivity index (χ4v) is 4.22. The number of morpholine rings is 2. The molecule has 2 aromatic heterocycles. The number of para-hydroxylation sites is 1. The molecule has 31 heavy (non-hydrogen) atoms. The highest BCUT2D eigenvalue weighted by molar-refractivity contribution is 5.89. The number of pyridine rings is 1. The van der Waals surface area contributed by atoms with Crippen molar-refractivity contribution in [3.63, 3.8) is 0 Å². The van der Waals surface area contributed by atoms with Crippen LogP contribution in [0, 0.1) is 0 Å². The van der Waals surface area contributed by atoms with Gasteiger partial charge >= 0.3 is 0 Å². The van der Waals surface area contributed by atoms with Crippen LogP contribution in [0.5, 0.6) is 0 Å². The smallest absolute Gasteiger partial charge is 0.229 e. The first-order valence-corrected chi connectivity index (χ1v) is 10.9. The van der Waals surface area contributed by atoms with E-state index in [2.05, 4.69) is 35.0 Å². The lowest BCUT2D eigenvalue weighted by Crippen LogP contribution is -2.46. The number of anilines is 4. The summed E-state index contributed by atoms with van der Waals surface area (Å²) in [6.45, 7) is 8.73. The Bertz CT molecular complexity index is 1030. The minimum atomic E-state index is 0.133. The van der Waals surface area contributed by atoms with Gasteiger partial charge in [-0.2, -0.15) is 9.97 Å². The fraction of sp³-hybridized carbons (Fsp3) is 0.435. The highest BCUT2D eigenvalue weighted by atomic mass is 16.5. The Labute approximate surface area is 182 Å². The summed E-state index contributed by atoms with van der Waals surface area (Å²) in [4.78, 5) is 19.2. The molecule has 0 spiro atoms. The second kappa shape index (κ2) is 8.64. The zero-order valence-electron chi connectivity index (χ0n) is 18.0. The number of hydrogen-bond acceptors (Lipinski definition) is 8. The maximum atomic E-state index is 5.91. The van der Waals surface area contributed by atoms with E-state index >= 15 is 0 Å². The number of ether oxygens (including phenoxy) is 2. The number of hydrogen-bond donors (Lipinski definition) is 1. The zero-order chi connectivity index (χ0) is 21.2. The Morgan fingerprint density at radius 2 is 1.61 bits per heavy atom. The molecule has 0 radical (unpaired) electrons. The van der Waals surface area contributed by atoms with Gasteiger partial charge in [-0.15, -0.1) is 0 Å². The normalized spacial score (nSPS) is 22.0. The molecule has 0 saturated carbocycles. The largest absolute Gasteiger partial charge is 0.378 e. The molecule has 1 aromatic carbocycles. The van der Waals surface area contributed by atoms with Crippen LogP contribution in [0.25, 0.3) is 11.0 Å². The Morgan fingerprint density at radius 3 is 2.35 bits per heavy atom. The van der Waals surface area contributed by atoms with E-state index in [-0.39, 0.29) is 12.2 Å². The summed E-state index contributed by atoms with van der Waals surface area (Å²) in [6, 6.07) is 14.1. The van der Waals surface area contributed by atoms with Crippen molar-refractivity contribution in [3.05, 3.63) is 42.5 Å². The molecule has 2 fully saturated rings. The van der Waals surface area contributed by atoms with Gasteiger partial charge in [-0.25, -0.2) is 4.98 Å². The summed E-state index contributed by atoms with van der Waals surface area (Å²) in [6.07, 6.45) is 0.267. The maximum absolute atomic E-state index is 5.91. The van der Waals surface area contributed by atoms with Crippen molar-refractivity contribution in [1.29, 1.82) is 0 Å². The molecule has 1 N–H and O–H groups in total. The second-order valence-corrected chi connectivity index (χ2v) is 8.17. The zero-order valence-corrected chi connectivity index (χ0v) is 18.0. The topological polar surface area (TPSA) is 75.6 Å². The monoisotopic (exact) mass is 420 g/mol. The maximum Gasteiger partial charge on any atom is 0.229 e. The minimum Gasteiger partial charge on any atom is -0.378 e. The third-order valence-corrected chi connectivity index (χ3v) is 5.59. The van der Waals surface area contributed by atoms with Crippen LogP contribution in [0.15, 0.2) is 42.5 Å². The molecule has 3 aromatic rings. The summed E-state index contributed by atoms with van der Waals surface area (Å²) in [5, 5.41) is 4.33. The van der Waals surface area contributed by atoms with E-state index in [9.17, 15) is 0 Å². The van der Waals surface area contributed by atoms with Crippen LogP contribution in [0.2, 0.25) is 0 Å². The van der Waals surface area contributed by atoms with Crippen molar-refractivity contribution in [2.45, 2.75) is 26.1 Å². The number of aromatic nitrogens is 3. The number of nitrogens with one attached hydrogen (secondary N) is 1. The van der Waals surface area contributed by atoms with Crippen LogP contribution in [-0.4, -0.2) is 66.6 Å². The van der Waals surface area contributed by atoms with Crippen molar-refractivity contribution in [2.75, 3.05) is 54.5 Å². The van der Waals surface area contributed by atoms with Crippen LogP contribution in [0.3, 0.4) is 0 Å². The third kappa shape index (κ3) is 4.40. The molecular formula is C23H28N6O2. The Kier molecular flexibility index (Phi) is 5.57. The highest BCUT2D eigenvalue weighted by Gasteiger charge is 2.26. The van der Waals surface area contributed by atoms with Crippen LogP contribution in [-0.2, 0) is 9.47 Å². The molecule has 0 amide bonds. The lowest BCUT2D eigenvalue weighted by atomic mass is 10.2. The molecule has 2 atom stereocenters. The van der Waals surface area contributed by atoms with Crippen LogP contribution >= 0.6 is 0 Å². The number of benzene rings is 1. The summed E-state index contributed by atoms with van der Waals surface area (Å²) in [7, 11) is 0. The molecule has 2 unspecified atom stereocenters. The van der Waals surface area contributed by atoms with Crippen LogP contribution in [0.4, 0.5) is 23.3 Å². The Hall–Kier alpha value is -2.97. The SMILES string of the molecule is CC1CN(c2nc(N3CCOCC3)c3ccc(Nc4ccccc4)nc3n2)CC(C)O1. The van der Waals surface area contributed by atoms with Gasteiger partial charge in [0.25, 0.3) is 0 Å². The van der Waals surface area contributed by atoms with Crippen molar-refractivity contribution < 1.29 is 9.47 Å². The van der Waals surface area contributed by atoms with Gasteiger partial charge in [-0.3, -0.25) is 0 Å². The first-order valence-electron chi connectivity index (χ1n) is 10.9. The van der Waals surface area contributed by atoms with Gasteiger partial charge in [0.2, 0.25) is 5.95 Å². The Morgan fingerprint density at radius 1 is 0.871 bits per heavy atom. The van der Waals surface area contributed by atoms with Crippen molar-refractivity contribution in [1.82, 2.24) is 15.0 Å². The number of nitrogens with zero attached hydrogens (tertiary/aromatic N) is 5. The van der Waals surface area contributed by atoms with Gasteiger partial charge in [0.15, 0.2) is 5.65 Å². The van der Waals surface area contributed by atoms with Gasteiger partial charge in [-0.1, -0.05) is 18.2 Å². The minimum absolute atomic E-state index is 0.133. The lowest BCUT2D eigenvalue weighted by Gasteiger charge is -2.36. The van der Waals surface area contributed by atoms with Gasteiger partial charge in [0.1, 0.15) is 11.6 Å². The standard InChI is InChI=1S/C23H28N6O2/c1-16-14-29(15-17(2)31-16)23-26-21-19(22(27-23)28-10-12-30-13-11-28)8-9-20(25-21)24-18-6-4-3-5-7-18/h3-9,16-17H,10-15H2,1-2H3,(H,24,25,26,27).